The number of carboxylic acids is 1. The van der Waals surface area contributed by atoms with Gasteiger partial charge in [0.25, 0.3) is 0 Å². The van der Waals surface area contributed by atoms with E-state index in [1.807, 2.05) is 6.07 Å². The van der Waals surface area contributed by atoms with E-state index in [0.717, 1.165) is 23.4 Å². The summed E-state index contributed by atoms with van der Waals surface area (Å²) in [7, 11) is 0. The molecular formula is C14H15NO2. The molecule has 0 atom stereocenters. The van der Waals surface area contributed by atoms with Crippen LogP contribution in [0.1, 0.15) is 28.9 Å². The normalized spacial score (nSPS) is 15.4. The monoisotopic (exact) mass is 229 g/mol. The fraction of sp³-hybridized carbons (Fsp3) is 0.357. The van der Waals surface area contributed by atoms with Crippen LogP contribution in [0.4, 0.5) is 0 Å². The molecule has 88 valence electrons. The van der Waals surface area contributed by atoms with Gasteiger partial charge in [-0.3, -0.25) is 0 Å². The Balaban J connectivity index is 2.13. The van der Waals surface area contributed by atoms with Crippen molar-refractivity contribution in [3.63, 3.8) is 0 Å². The molecule has 0 amide bonds. The number of hydrogen-bond acceptors (Lipinski definition) is 1. The Bertz CT molecular complexity index is 594. The Labute approximate surface area is 99.7 Å². The maximum absolute atomic E-state index is 11.0. The number of nitrogens with zero attached hydrogens (tertiary/aromatic N) is 1. The van der Waals surface area contributed by atoms with Crippen molar-refractivity contribution >= 4 is 16.9 Å². The van der Waals surface area contributed by atoms with E-state index < -0.39 is 5.97 Å². The minimum absolute atomic E-state index is 0.368. The molecule has 1 aliphatic carbocycles. The number of carboxylic acid groups (broad SMARTS) is 1. The van der Waals surface area contributed by atoms with E-state index in [9.17, 15) is 4.79 Å². The maximum Gasteiger partial charge on any atom is 0.335 e. The van der Waals surface area contributed by atoms with Crippen LogP contribution in [0.2, 0.25) is 0 Å². The van der Waals surface area contributed by atoms with E-state index in [1.165, 1.54) is 18.5 Å². The van der Waals surface area contributed by atoms with Gasteiger partial charge in [0.2, 0.25) is 0 Å². The average molecular weight is 229 g/mol. The molecular weight excluding hydrogens is 214 g/mol. The second kappa shape index (κ2) is 3.62. The highest BCUT2D eigenvalue weighted by atomic mass is 16.4. The fourth-order valence-corrected chi connectivity index (χ4v) is 2.33. The zero-order valence-electron chi connectivity index (χ0n) is 9.81. The summed E-state index contributed by atoms with van der Waals surface area (Å²) in [5, 5.41) is 10.2. The molecule has 0 unspecified atom stereocenters. The first-order valence-electron chi connectivity index (χ1n) is 5.98. The molecule has 1 aromatic heterocycles. The lowest BCUT2D eigenvalue weighted by Crippen LogP contribution is -2.02. The van der Waals surface area contributed by atoms with Gasteiger partial charge in [0.05, 0.1) is 5.56 Å². The lowest BCUT2D eigenvalue weighted by atomic mass is 10.1. The van der Waals surface area contributed by atoms with Crippen molar-refractivity contribution in [2.75, 3.05) is 0 Å². The first-order valence-corrected chi connectivity index (χ1v) is 5.98. The number of aryl methyl sites for hydroxylation is 1. The van der Waals surface area contributed by atoms with Crippen LogP contribution in [0.5, 0.6) is 0 Å². The summed E-state index contributed by atoms with van der Waals surface area (Å²) < 4.78 is 2.25. The molecule has 0 bridgehead atoms. The lowest BCUT2D eigenvalue weighted by Gasteiger charge is -2.07. The van der Waals surface area contributed by atoms with Gasteiger partial charge < -0.3 is 9.67 Å². The van der Waals surface area contributed by atoms with Gasteiger partial charge in [-0.1, -0.05) is 6.07 Å². The minimum Gasteiger partial charge on any atom is -0.478 e. The van der Waals surface area contributed by atoms with Crippen LogP contribution < -0.4 is 0 Å². The van der Waals surface area contributed by atoms with Gasteiger partial charge in [0, 0.05) is 17.8 Å². The molecule has 3 rings (SSSR count). The highest BCUT2D eigenvalue weighted by molar-refractivity contribution is 5.93. The van der Waals surface area contributed by atoms with Crippen molar-refractivity contribution < 1.29 is 9.90 Å². The zero-order chi connectivity index (χ0) is 12.0. The number of carbonyl (C=O) groups is 1. The number of aromatic carboxylic acids is 1. The molecule has 0 radical (unpaired) electrons. The number of benzene rings is 1. The Kier molecular flexibility index (Phi) is 2.21. The first kappa shape index (κ1) is 10.4. The molecule has 3 heteroatoms. The molecule has 1 N–H and O–H groups in total. The molecule has 1 aromatic carbocycles. The van der Waals surface area contributed by atoms with Crippen molar-refractivity contribution in [2.24, 2.45) is 5.92 Å². The Morgan fingerprint density at radius 1 is 1.41 bits per heavy atom. The van der Waals surface area contributed by atoms with E-state index in [2.05, 4.69) is 17.6 Å². The lowest BCUT2D eigenvalue weighted by molar-refractivity contribution is 0.0697. The van der Waals surface area contributed by atoms with E-state index >= 15 is 0 Å². The van der Waals surface area contributed by atoms with Crippen LogP contribution >= 0.6 is 0 Å². The van der Waals surface area contributed by atoms with Crippen molar-refractivity contribution in [2.45, 2.75) is 26.3 Å². The summed E-state index contributed by atoms with van der Waals surface area (Å²) in [4.78, 5) is 11.0. The van der Waals surface area contributed by atoms with Gasteiger partial charge in [-0.05, 0) is 49.3 Å². The van der Waals surface area contributed by atoms with Gasteiger partial charge in [0.15, 0.2) is 0 Å². The molecule has 1 heterocycles. The molecule has 0 aliphatic heterocycles. The van der Waals surface area contributed by atoms with Crippen molar-refractivity contribution in [3.05, 3.63) is 35.5 Å². The fourth-order valence-electron chi connectivity index (χ4n) is 2.33. The third kappa shape index (κ3) is 1.82. The number of fused-ring (bicyclic) bond motifs is 1. The molecule has 17 heavy (non-hydrogen) atoms. The third-order valence-corrected chi connectivity index (χ3v) is 3.50. The van der Waals surface area contributed by atoms with Crippen molar-refractivity contribution in [3.8, 4) is 0 Å². The molecule has 1 fully saturated rings. The minimum atomic E-state index is -0.858. The van der Waals surface area contributed by atoms with Crippen LogP contribution in [-0.2, 0) is 6.54 Å². The van der Waals surface area contributed by atoms with E-state index in [-0.39, 0.29) is 0 Å². The quantitative estimate of drug-likeness (QED) is 0.878. The summed E-state index contributed by atoms with van der Waals surface area (Å²) in [5.41, 5.74) is 2.64. The number of rotatable bonds is 3. The predicted molar refractivity (Wildman–Crippen MR) is 66.4 cm³/mol. The summed E-state index contributed by atoms with van der Waals surface area (Å²) in [6.07, 6.45) is 2.61. The van der Waals surface area contributed by atoms with Crippen LogP contribution in [-0.4, -0.2) is 15.6 Å². The second-order valence-corrected chi connectivity index (χ2v) is 4.92. The van der Waals surface area contributed by atoms with Gasteiger partial charge in [-0.25, -0.2) is 4.79 Å². The predicted octanol–water partition coefficient (Wildman–Crippen LogP) is 3.06. The standard InChI is InChI=1S/C14H15NO2/c1-9-6-11-4-5-12(14(16)17)7-13(11)15(9)8-10-2-3-10/h4-7,10H,2-3,8H2,1H3,(H,16,17). The molecule has 3 nitrogen and oxygen atoms in total. The Morgan fingerprint density at radius 3 is 2.82 bits per heavy atom. The molecule has 1 saturated carbocycles. The van der Waals surface area contributed by atoms with Crippen LogP contribution in [0.15, 0.2) is 24.3 Å². The second-order valence-electron chi connectivity index (χ2n) is 4.92. The largest absolute Gasteiger partial charge is 0.478 e. The van der Waals surface area contributed by atoms with E-state index in [1.54, 1.807) is 12.1 Å². The highest BCUT2D eigenvalue weighted by Crippen LogP contribution is 2.33. The summed E-state index contributed by atoms with van der Waals surface area (Å²) in [6.45, 7) is 3.11. The van der Waals surface area contributed by atoms with Crippen molar-refractivity contribution in [1.29, 1.82) is 0 Å². The van der Waals surface area contributed by atoms with E-state index in [0.29, 0.717) is 5.56 Å². The molecule has 1 aliphatic rings. The van der Waals surface area contributed by atoms with Gasteiger partial charge in [0.1, 0.15) is 0 Å². The zero-order valence-corrected chi connectivity index (χ0v) is 9.81. The number of aromatic nitrogens is 1. The first-order chi connectivity index (χ1) is 8.15. The van der Waals surface area contributed by atoms with E-state index in [4.69, 9.17) is 5.11 Å². The van der Waals surface area contributed by atoms with Gasteiger partial charge >= 0.3 is 5.97 Å². The number of hydrogen-bond donors (Lipinski definition) is 1. The third-order valence-electron chi connectivity index (χ3n) is 3.50. The Morgan fingerprint density at radius 2 is 2.18 bits per heavy atom. The summed E-state index contributed by atoms with van der Waals surface area (Å²) >= 11 is 0. The molecule has 0 saturated heterocycles. The Hall–Kier alpha value is -1.77. The molecule has 2 aromatic rings. The highest BCUT2D eigenvalue weighted by Gasteiger charge is 2.23. The SMILES string of the molecule is Cc1cc2ccc(C(=O)O)cc2n1CC1CC1. The van der Waals surface area contributed by atoms with Crippen LogP contribution in [0, 0.1) is 12.8 Å². The summed E-state index contributed by atoms with van der Waals surface area (Å²) in [5.74, 6) is -0.0680. The van der Waals surface area contributed by atoms with Crippen LogP contribution in [0.3, 0.4) is 0 Å². The van der Waals surface area contributed by atoms with Crippen molar-refractivity contribution in [1.82, 2.24) is 4.57 Å². The van der Waals surface area contributed by atoms with Gasteiger partial charge in [-0.15, -0.1) is 0 Å². The smallest absolute Gasteiger partial charge is 0.335 e. The van der Waals surface area contributed by atoms with Gasteiger partial charge in [-0.2, -0.15) is 0 Å². The van der Waals surface area contributed by atoms with Crippen LogP contribution in [0.25, 0.3) is 10.9 Å². The molecule has 0 spiro atoms. The summed E-state index contributed by atoms with van der Waals surface area (Å²) in [6, 6.07) is 7.48. The average Bonchev–Trinajstić information content (AvgIpc) is 3.04. The topological polar surface area (TPSA) is 42.2 Å². The maximum atomic E-state index is 11.0.